The summed E-state index contributed by atoms with van der Waals surface area (Å²) in [7, 11) is 0. The average molecular weight is 176 g/mol. The Hall–Kier alpha value is -1.23. The van der Waals surface area contributed by atoms with Gasteiger partial charge in [-0.1, -0.05) is 0 Å². The second kappa shape index (κ2) is 6.88. The van der Waals surface area contributed by atoms with Crippen molar-refractivity contribution in [1.29, 1.82) is 0 Å². The number of carbonyl (C=O) groups is 1. The molecule has 0 unspecified atom stereocenters. The molecule has 5 nitrogen and oxygen atoms in total. The van der Waals surface area contributed by atoms with Crippen LogP contribution in [0.25, 0.3) is 0 Å². The SMILES string of the molecule is O=C(O)CCl.c1cnnnc1. The molecule has 11 heavy (non-hydrogen) atoms. The fraction of sp³-hybridized carbons (Fsp3) is 0.200. The number of carboxylic acids is 1. The molecular formula is C5H6ClN3O2. The van der Waals surface area contributed by atoms with Gasteiger partial charge in [-0.15, -0.1) is 21.8 Å². The number of carboxylic acid groups (broad SMARTS) is 1. The largest absolute Gasteiger partial charge is 0.480 e. The molecule has 0 saturated heterocycles. The fourth-order valence-electron chi connectivity index (χ4n) is 0.205. The van der Waals surface area contributed by atoms with Crippen LogP contribution in [0.5, 0.6) is 0 Å². The highest BCUT2D eigenvalue weighted by atomic mass is 35.5. The zero-order valence-electron chi connectivity index (χ0n) is 5.51. The highest BCUT2D eigenvalue weighted by Crippen LogP contribution is 1.67. The molecule has 1 rings (SSSR count). The van der Waals surface area contributed by atoms with E-state index in [-0.39, 0.29) is 5.88 Å². The van der Waals surface area contributed by atoms with E-state index in [1.54, 1.807) is 18.5 Å². The lowest BCUT2D eigenvalue weighted by Crippen LogP contribution is -1.92. The summed E-state index contributed by atoms with van der Waals surface area (Å²) in [5, 5.41) is 17.7. The summed E-state index contributed by atoms with van der Waals surface area (Å²) < 4.78 is 0. The van der Waals surface area contributed by atoms with Crippen molar-refractivity contribution in [2.24, 2.45) is 0 Å². The van der Waals surface area contributed by atoms with Gasteiger partial charge in [-0.3, -0.25) is 4.79 Å². The fourth-order valence-corrected chi connectivity index (χ4v) is 0.205. The molecule has 0 aliphatic carbocycles. The summed E-state index contributed by atoms with van der Waals surface area (Å²) in [6, 6.07) is 1.72. The van der Waals surface area contributed by atoms with Crippen molar-refractivity contribution in [2.75, 3.05) is 5.88 Å². The smallest absolute Gasteiger partial charge is 0.318 e. The van der Waals surface area contributed by atoms with Crippen molar-refractivity contribution in [3.8, 4) is 0 Å². The normalized spacial score (nSPS) is 7.73. The molecular weight excluding hydrogens is 170 g/mol. The van der Waals surface area contributed by atoms with Gasteiger partial charge in [-0.05, 0) is 11.3 Å². The Morgan fingerprint density at radius 1 is 1.45 bits per heavy atom. The van der Waals surface area contributed by atoms with E-state index in [0.717, 1.165) is 0 Å². The third-order valence-corrected chi connectivity index (χ3v) is 0.752. The second-order valence-electron chi connectivity index (χ2n) is 1.34. The summed E-state index contributed by atoms with van der Waals surface area (Å²) >= 11 is 4.74. The zero-order valence-corrected chi connectivity index (χ0v) is 6.27. The molecule has 0 saturated carbocycles. The number of halogens is 1. The van der Waals surface area contributed by atoms with Gasteiger partial charge in [0.1, 0.15) is 5.88 Å². The third kappa shape index (κ3) is 8.77. The van der Waals surface area contributed by atoms with E-state index in [2.05, 4.69) is 15.4 Å². The van der Waals surface area contributed by atoms with Crippen molar-refractivity contribution < 1.29 is 9.90 Å². The number of hydrogen-bond donors (Lipinski definition) is 1. The molecule has 0 amide bonds. The molecule has 0 fully saturated rings. The Labute approximate surface area is 68.0 Å². The van der Waals surface area contributed by atoms with Crippen LogP contribution in [0.15, 0.2) is 18.5 Å². The van der Waals surface area contributed by atoms with Crippen LogP contribution in [-0.4, -0.2) is 32.4 Å². The van der Waals surface area contributed by atoms with Crippen LogP contribution in [0.4, 0.5) is 0 Å². The van der Waals surface area contributed by atoms with Crippen molar-refractivity contribution in [3.63, 3.8) is 0 Å². The van der Waals surface area contributed by atoms with E-state index < -0.39 is 5.97 Å². The number of hydrogen-bond acceptors (Lipinski definition) is 4. The zero-order chi connectivity index (χ0) is 8.53. The van der Waals surface area contributed by atoms with E-state index >= 15 is 0 Å². The molecule has 0 spiro atoms. The maximum absolute atomic E-state index is 9.24. The van der Waals surface area contributed by atoms with E-state index in [9.17, 15) is 4.79 Å². The van der Waals surface area contributed by atoms with Crippen molar-refractivity contribution in [3.05, 3.63) is 18.5 Å². The van der Waals surface area contributed by atoms with Crippen molar-refractivity contribution in [2.45, 2.75) is 0 Å². The molecule has 1 heterocycles. The first-order valence-corrected chi connectivity index (χ1v) is 3.17. The van der Waals surface area contributed by atoms with Crippen LogP contribution in [0.2, 0.25) is 0 Å². The van der Waals surface area contributed by atoms with Crippen LogP contribution >= 0.6 is 11.6 Å². The third-order valence-electron chi connectivity index (χ3n) is 0.523. The highest BCUT2D eigenvalue weighted by molar-refractivity contribution is 6.26. The standard InChI is InChI=1S/C3H3N3.C2H3ClO2/c1-2-4-6-5-3-1;3-1-2(4)5/h1-3H;1H2,(H,4,5). The number of aliphatic carboxylic acids is 1. The van der Waals surface area contributed by atoms with E-state index in [4.69, 9.17) is 16.7 Å². The van der Waals surface area contributed by atoms with Gasteiger partial charge in [0.2, 0.25) is 0 Å². The maximum Gasteiger partial charge on any atom is 0.318 e. The lowest BCUT2D eigenvalue weighted by Gasteiger charge is -1.69. The Morgan fingerprint density at radius 3 is 2.00 bits per heavy atom. The van der Waals surface area contributed by atoms with E-state index in [0.29, 0.717) is 0 Å². The van der Waals surface area contributed by atoms with Gasteiger partial charge >= 0.3 is 5.97 Å². The summed E-state index contributed by atoms with van der Waals surface area (Å²) in [6.45, 7) is 0. The van der Waals surface area contributed by atoms with Crippen LogP contribution in [0.1, 0.15) is 0 Å². The lowest BCUT2D eigenvalue weighted by atomic mass is 10.7. The monoisotopic (exact) mass is 175 g/mol. The molecule has 0 aliphatic rings. The molecule has 0 atom stereocenters. The number of rotatable bonds is 1. The lowest BCUT2D eigenvalue weighted by molar-refractivity contribution is -0.134. The maximum atomic E-state index is 9.24. The van der Waals surface area contributed by atoms with Gasteiger partial charge < -0.3 is 5.11 Å². The molecule has 0 radical (unpaired) electrons. The van der Waals surface area contributed by atoms with Gasteiger partial charge in [0.05, 0.1) is 12.4 Å². The molecule has 0 aromatic carbocycles. The quantitative estimate of drug-likeness (QED) is 0.617. The predicted octanol–water partition coefficient (Wildman–Crippen LogP) is 0.181. The topological polar surface area (TPSA) is 76.0 Å². The average Bonchev–Trinajstić information content (AvgIpc) is 2.09. The minimum absolute atomic E-state index is 0.306. The first-order chi connectivity index (χ1) is 5.27. The molecule has 1 aromatic rings. The second-order valence-corrected chi connectivity index (χ2v) is 1.61. The first kappa shape index (κ1) is 9.77. The summed E-state index contributed by atoms with van der Waals surface area (Å²) in [5.74, 6) is -1.29. The van der Waals surface area contributed by atoms with Gasteiger partial charge in [0.15, 0.2) is 0 Å². The Bertz CT molecular complexity index is 167. The van der Waals surface area contributed by atoms with Gasteiger partial charge in [0.25, 0.3) is 0 Å². The predicted molar refractivity (Wildman–Crippen MR) is 38.2 cm³/mol. The number of alkyl halides is 1. The summed E-state index contributed by atoms with van der Waals surface area (Å²) in [6.07, 6.45) is 3.15. The highest BCUT2D eigenvalue weighted by Gasteiger charge is 1.83. The minimum Gasteiger partial charge on any atom is -0.480 e. The van der Waals surface area contributed by atoms with E-state index in [1.807, 2.05) is 0 Å². The van der Waals surface area contributed by atoms with Crippen LogP contribution in [0.3, 0.4) is 0 Å². The number of aromatic nitrogens is 3. The molecule has 0 bridgehead atoms. The minimum atomic E-state index is -0.980. The molecule has 60 valence electrons. The Kier molecular flexibility index (Phi) is 6.11. The Morgan fingerprint density at radius 2 is 1.91 bits per heavy atom. The first-order valence-electron chi connectivity index (χ1n) is 2.63. The van der Waals surface area contributed by atoms with Crippen molar-refractivity contribution in [1.82, 2.24) is 15.4 Å². The molecule has 0 aliphatic heterocycles. The molecule has 6 heteroatoms. The van der Waals surface area contributed by atoms with Crippen LogP contribution < -0.4 is 0 Å². The summed E-state index contributed by atoms with van der Waals surface area (Å²) in [4.78, 5) is 9.24. The molecule has 1 N–H and O–H groups in total. The van der Waals surface area contributed by atoms with Gasteiger partial charge in [0, 0.05) is 0 Å². The van der Waals surface area contributed by atoms with Crippen molar-refractivity contribution >= 4 is 17.6 Å². The Balaban J connectivity index is 0.000000187. The van der Waals surface area contributed by atoms with Crippen LogP contribution in [-0.2, 0) is 4.79 Å². The van der Waals surface area contributed by atoms with E-state index in [1.165, 1.54) is 0 Å². The number of nitrogens with zero attached hydrogens (tertiary/aromatic N) is 3. The molecule has 1 aromatic heterocycles. The van der Waals surface area contributed by atoms with Crippen LogP contribution in [0, 0.1) is 0 Å². The summed E-state index contributed by atoms with van der Waals surface area (Å²) in [5.41, 5.74) is 0. The van der Waals surface area contributed by atoms with Gasteiger partial charge in [-0.25, -0.2) is 0 Å². The van der Waals surface area contributed by atoms with Gasteiger partial charge in [-0.2, -0.15) is 0 Å².